The zero-order chi connectivity index (χ0) is 23.7. The minimum atomic E-state index is -2.61. The molecular weight excluding hydrogens is 428 g/mol. The third kappa shape index (κ3) is 6.18. The summed E-state index contributed by atoms with van der Waals surface area (Å²) in [5, 5.41) is 8.87. The molecule has 0 aliphatic rings. The van der Waals surface area contributed by atoms with Crippen LogP contribution in [-0.4, -0.2) is 36.1 Å². The van der Waals surface area contributed by atoms with Crippen molar-refractivity contribution in [2.24, 2.45) is 9.98 Å². The first-order chi connectivity index (χ1) is 16.0. The van der Waals surface area contributed by atoms with Gasteiger partial charge in [0.1, 0.15) is 0 Å². The molecule has 0 aliphatic carbocycles. The van der Waals surface area contributed by atoms with E-state index in [0.29, 0.717) is 16.2 Å². The first-order valence-corrected chi connectivity index (χ1v) is 12.5. The summed E-state index contributed by atoms with van der Waals surface area (Å²) in [6.45, 7) is 7.28. The monoisotopic (exact) mass is 456 g/mol. The average molecular weight is 457 g/mol. The predicted molar refractivity (Wildman–Crippen MR) is 140 cm³/mol. The number of anilines is 1. The van der Waals surface area contributed by atoms with Crippen LogP contribution in [0.5, 0.6) is 0 Å². The van der Waals surface area contributed by atoms with Gasteiger partial charge in [-0.1, -0.05) is 19.1 Å². The van der Waals surface area contributed by atoms with Gasteiger partial charge in [-0.25, -0.2) is 0 Å². The van der Waals surface area contributed by atoms with E-state index in [-0.39, 0.29) is 0 Å². The van der Waals surface area contributed by atoms with E-state index < -0.39 is 9.52 Å². The molecule has 0 amide bonds. The lowest BCUT2D eigenvalue weighted by molar-refractivity contribution is 0.681. The highest BCUT2D eigenvalue weighted by Gasteiger charge is 2.11. The van der Waals surface area contributed by atoms with Gasteiger partial charge >= 0.3 is 0 Å². The Morgan fingerprint density at radius 1 is 0.939 bits per heavy atom. The molecule has 6 heteroatoms. The first-order valence-electron chi connectivity index (χ1n) is 10.8. The SMILES string of the molecule is C=Nc1ccc(S(=C)(=O)c2ccc(N=Cc3ccc(N(CCC)CCC#N)cc3)cc2)cc1. The van der Waals surface area contributed by atoms with Gasteiger partial charge in [0.05, 0.1) is 23.9 Å². The molecule has 3 aromatic carbocycles. The molecule has 1 atom stereocenters. The minimum absolute atomic E-state index is 0.510. The molecule has 1 unspecified atom stereocenters. The van der Waals surface area contributed by atoms with E-state index in [4.69, 9.17) is 5.26 Å². The van der Waals surface area contributed by atoms with Gasteiger partial charge < -0.3 is 4.90 Å². The van der Waals surface area contributed by atoms with Gasteiger partial charge in [-0.05, 0) is 85.2 Å². The van der Waals surface area contributed by atoms with E-state index in [1.54, 1.807) is 30.5 Å². The largest absolute Gasteiger partial charge is 0.371 e. The summed E-state index contributed by atoms with van der Waals surface area (Å²) in [4.78, 5) is 11.9. The van der Waals surface area contributed by atoms with Crippen LogP contribution in [0.4, 0.5) is 17.1 Å². The quantitative estimate of drug-likeness (QED) is 0.276. The lowest BCUT2D eigenvalue weighted by Gasteiger charge is -2.23. The molecule has 5 nitrogen and oxygen atoms in total. The van der Waals surface area contributed by atoms with Crippen LogP contribution < -0.4 is 4.90 Å². The third-order valence-corrected chi connectivity index (χ3v) is 7.29. The molecule has 0 spiro atoms. The Labute approximate surface area is 196 Å². The molecule has 0 saturated heterocycles. The van der Waals surface area contributed by atoms with Gasteiger partial charge in [0.25, 0.3) is 0 Å². The summed E-state index contributed by atoms with van der Waals surface area (Å²) in [6.07, 6.45) is 3.35. The summed E-state index contributed by atoms with van der Waals surface area (Å²) in [7, 11) is -2.61. The van der Waals surface area contributed by atoms with Crippen molar-refractivity contribution in [2.75, 3.05) is 18.0 Å². The topological polar surface area (TPSA) is 68.8 Å². The van der Waals surface area contributed by atoms with Crippen LogP contribution in [0, 0.1) is 11.3 Å². The number of aliphatic imine (C=N–C) groups is 2. The number of benzene rings is 3. The summed E-state index contributed by atoms with van der Waals surface area (Å²) >= 11 is 0. The molecule has 0 saturated carbocycles. The Morgan fingerprint density at radius 2 is 1.52 bits per heavy atom. The van der Waals surface area contributed by atoms with Crippen LogP contribution in [0.15, 0.2) is 92.6 Å². The standard InChI is InChI=1S/C27H28N4OS/c1-4-19-31(20-5-18-28)25-12-6-22(7-13-25)21-30-24-10-16-27(17-11-24)33(3,32)26-14-8-23(29-2)9-15-26/h6-17,21H,2-5,19-20H2,1H3. The lowest BCUT2D eigenvalue weighted by Crippen LogP contribution is -2.24. The summed E-state index contributed by atoms with van der Waals surface area (Å²) in [5.41, 5.74) is 3.59. The van der Waals surface area contributed by atoms with Crippen LogP contribution >= 0.6 is 0 Å². The van der Waals surface area contributed by atoms with Gasteiger partial charge in [0.15, 0.2) is 0 Å². The maximum Gasteiger partial charge on any atom is 0.0640 e. The molecule has 168 valence electrons. The maximum absolute atomic E-state index is 13.3. The van der Waals surface area contributed by atoms with Crippen LogP contribution in [0.1, 0.15) is 25.3 Å². The number of hydrogen-bond acceptors (Lipinski definition) is 5. The second-order valence-electron chi connectivity index (χ2n) is 7.57. The zero-order valence-electron chi connectivity index (χ0n) is 18.9. The fraction of sp³-hybridized carbons (Fsp3) is 0.185. The normalized spacial score (nSPS) is 12.7. The molecule has 0 aliphatic heterocycles. The number of hydrogen-bond donors (Lipinski definition) is 0. The van der Waals surface area contributed by atoms with Crippen molar-refractivity contribution in [2.45, 2.75) is 29.6 Å². The molecule has 0 fully saturated rings. The number of nitriles is 1. The van der Waals surface area contributed by atoms with Crippen molar-refractivity contribution in [1.29, 1.82) is 5.26 Å². The smallest absolute Gasteiger partial charge is 0.0640 e. The Hall–Kier alpha value is -3.69. The van der Waals surface area contributed by atoms with Crippen LogP contribution in [0.3, 0.4) is 0 Å². The average Bonchev–Trinajstić information content (AvgIpc) is 2.86. The minimum Gasteiger partial charge on any atom is -0.371 e. The highest BCUT2D eigenvalue weighted by atomic mass is 32.2. The van der Waals surface area contributed by atoms with Crippen molar-refractivity contribution in [3.8, 4) is 6.07 Å². The third-order valence-electron chi connectivity index (χ3n) is 5.23. The summed E-state index contributed by atoms with van der Waals surface area (Å²) < 4.78 is 13.3. The second kappa shape index (κ2) is 11.3. The summed E-state index contributed by atoms with van der Waals surface area (Å²) in [6, 6.07) is 24.8. The van der Waals surface area contributed by atoms with E-state index in [9.17, 15) is 4.21 Å². The van der Waals surface area contributed by atoms with Crippen molar-refractivity contribution in [1.82, 2.24) is 0 Å². The molecule has 0 heterocycles. The Balaban J connectivity index is 1.70. The number of nitrogens with zero attached hydrogens (tertiary/aromatic N) is 4. The van der Waals surface area contributed by atoms with E-state index in [2.05, 4.69) is 52.6 Å². The summed E-state index contributed by atoms with van der Waals surface area (Å²) in [5.74, 6) is 3.96. The van der Waals surface area contributed by atoms with Gasteiger partial charge in [-0.15, -0.1) is 0 Å². The van der Waals surface area contributed by atoms with Gasteiger partial charge in [-0.3, -0.25) is 14.2 Å². The van der Waals surface area contributed by atoms with Gasteiger partial charge in [-0.2, -0.15) is 5.26 Å². The number of rotatable bonds is 10. The van der Waals surface area contributed by atoms with E-state index in [1.165, 1.54) is 0 Å². The van der Waals surface area contributed by atoms with E-state index in [0.717, 1.165) is 42.1 Å². The Bertz CT molecular complexity index is 1240. The fourth-order valence-corrected chi connectivity index (χ4v) is 4.83. The molecule has 0 N–H and O–H groups in total. The fourth-order valence-electron chi connectivity index (χ4n) is 3.40. The van der Waals surface area contributed by atoms with E-state index in [1.807, 2.05) is 36.4 Å². The highest BCUT2D eigenvalue weighted by molar-refractivity contribution is 8.00. The molecule has 0 aromatic heterocycles. The molecule has 33 heavy (non-hydrogen) atoms. The van der Waals surface area contributed by atoms with Gasteiger partial charge in [0.2, 0.25) is 0 Å². The predicted octanol–water partition coefficient (Wildman–Crippen LogP) is 6.03. The van der Waals surface area contributed by atoms with Crippen molar-refractivity contribution in [3.63, 3.8) is 0 Å². The Morgan fingerprint density at radius 3 is 2.03 bits per heavy atom. The maximum atomic E-state index is 13.3. The van der Waals surface area contributed by atoms with Crippen LogP contribution in [0.25, 0.3) is 0 Å². The highest BCUT2D eigenvalue weighted by Crippen LogP contribution is 2.25. The molecule has 0 radical (unpaired) electrons. The molecule has 3 rings (SSSR count). The van der Waals surface area contributed by atoms with Gasteiger partial charge in [0, 0.05) is 44.3 Å². The van der Waals surface area contributed by atoms with Crippen molar-refractivity contribution >= 4 is 45.4 Å². The van der Waals surface area contributed by atoms with Crippen molar-refractivity contribution < 1.29 is 4.21 Å². The molecular formula is C27H28N4OS. The first kappa shape index (κ1) is 24.0. The second-order valence-corrected chi connectivity index (χ2v) is 9.86. The zero-order valence-corrected chi connectivity index (χ0v) is 19.7. The van der Waals surface area contributed by atoms with Crippen LogP contribution in [0.2, 0.25) is 0 Å². The lowest BCUT2D eigenvalue weighted by atomic mass is 10.2. The molecule has 3 aromatic rings. The van der Waals surface area contributed by atoms with Crippen molar-refractivity contribution in [3.05, 3.63) is 78.4 Å². The Kier molecular flexibility index (Phi) is 8.17. The van der Waals surface area contributed by atoms with Crippen LogP contribution in [-0.2, 0) is 9.52 Å². The molecule has 0 bridgehead atoms. The van der Waals surface area contributed by atoms with E-state index >= 15 is 0 Å².